The highest BCUT2D eigenvalue weighted by Crippen LogP contribution is 2.25. The quantitative estimate of drug-likeness (QED) is 0.713. The standard InChI is InChI=1S/C16H12ClN3O/c17-13-4-2-1-3-12(13)16-19-14(9-15(21)20-16)10-5-7-11(18)8-6-10/h1-9H,18H2,(H,19,20,21). The van der Waals surface area contributed by atoms with Crippen molar-refractivity contribution >= 4 is 17.3 Å². The van der Waals surface area contributed by atoms with Gasteiger partial charge in [0.15, 0.2) is 0 Å². The first-order valence-electron chi connectivity index (χ1n) is 6.36. The zero-order chi connectivity index (χ0) is 14.8. The molecule has 3 N–H and O–H groups in total. The van der Waals surface area contributed by atoms with Crippen LogP contribution >= 0.6 is 11.6 Å². The maximum Gasteiger partial charge on any atom is 0.251 e. The first-order valence-corrected chi connectivity index (χ1v) is 6.73. The van der Waals surface area contributed by atoms with Gasteiger partial charge in [-0.05, 0) is 24.3 Å². The Labute approximate surface area is 126 Å². The van der Waals surface area contributed by atoms with E-state index in [0.717, 1.165) is 5.56 Å². The van der Waals surface area contributed by atoms with Crippen molar-refractivity contribution in [3.8, 4) is 22.6 Å². The van der Waals surface area contributed by atoms with Crippen molar-refractivity contribution in [3.05, 3.63) is 70.0 Å². The van der Waals surface area contributed by atoms with Crippen molar-refractivity contribution in [2.75, 3.05) is 5.73 Å². The Morgan fingerprint density at radius 2 is 1.76 bits per heavy atom. The monoisotopic (exact) mass is 297 g/mol. The van der Waals surface area contributed by atoms with Crippen LogP contribution < -0.4 is 11.3 Å². The number of hydrogen-bond acceptors (Lipinski definition) is 3. The Hall–Kier alpha value is -2.59. The Balaban J connectivity index is 2.15. The molecule has 0 aliphatic carbocycles. The van der Waals surface area contributed by atoms with E-state index < -0.39 is 0 Å². The summed E-state index contributed by atoms with van der Waals surface area (Å²) in [7, 11) is 0. The molecule has 0 atom stereocenters. The van der Waals surface area contributed by atoms with Gasteiger partial charge >= 0.3 is 0 Å². The molecule has 21 heavy (non-hydrogen) atoms. The molecule has 0 fully saturated rings. The third kappa shape index (κ3) is 2.80. The van der Waals surface area contributed by atoms with Crippen molar-refractivity contribution in [2.45, 2.75) is 0 Å². The van der Waals surface area contributed by atoms with Crippen molar-refractivity contribution in [1.29, 1.82) is 0 Å². The minimum absolute atomic E-state index is 0.230. The average molecular weight is 298 g/mol. The minimum atomic E-state index is -0.230. The summed E-state index contributed by atoms with van der Waals surface area (Å²) in [6, 6.07) is 15.9. The number of anilines is 1. The number of aromatic amines is 1. The number of nitrogens with two attached hydrogens (primary N) is 1. The largest absolute Gasteiger partial charge is 0.399 e. The SMILES string of the molecule is Nc1ccc(-c2cc(=O)[nH]c(-c3ccccc3Cl)n2)cc1. The van der Waals surface area contributed by atoms with Gasteiger partial charge in [-0.3, -0.25) is 4.79 Å². The smallest absolute Gasteiger partial charge is 0.251 e. The minimum Gasteiger partial charge on any atom is -0.399 e. The molecule has 0 saturated heterocycles. The normalized spacial score (nSPS) is 10.5. The number of H-pyrrole nitrogens is 1. The molecule has 0 radical (unpaired) electrons. The molecule has 2 aromatic carbocycles. The number of hydrogen-bond donors (Lipinski definition) is 2. The number of halogens is 1. The van der Waals surface area contributed by atoms with Crippen LogP contribution in [0.3, 0.4) is 0 Å². The second kappa shape index (κ2) is 5.42. The fraction of sp³-hybridized carbons (Fsp3) is 0. The summed E-state index contributed by atoms with van der Waals surface area (Å²) < 4.78 is 0. The van der Waals surface area contributed by atoms with E-state index in [4.69, 9.17) is 17.3 Å². The lowest BCUT2D eigenvalue weighted by Gasteiger charge is -2.06. The van der Waals surface area contributed by atoms with Gasteiger partial charge in [0, 0.05) is 22.9 Å². The summed E-state index contributed by atoms with van der Waals surface area (Å²) in [6.45, 7) is 0. The van der Waals surface area contributed by atoms with Crippen LogP contribution in [0.25, 0.3) is 22.6 Å². The molecule has 5 heteroatoms. The number of nitrogen functional groups attached to an aromatic ring is 1. The fourth-order valence-electron chi connectivity index (χ4n) is 2.04. The molecule has 0 unspecified atom stereocenters. The predicted octanol–water partition coefficient (Wildman–Crippen LogP) is 3.34. The van der Waals surface area contributed by atoms with E-state index in [1.165, 1.54) is 6.07 Å². The van der Waals surface area contributed by atoms with E-state index in [2.05, 4.69) is 9.97 Å². The molecule has 0 saturated carbocycles. The van der Waals surface area contributed by atoms with E-state index in [9.17, 15) is 4.79 Å². The summed E-state index contributed by atoms with van der Waals surface area (Å²) in [4.78, 5) is 19.1. The molecule has 0 aliphatic heterocycles. The van der Waals surface area contributed by atoms with Crippen LogP contribution in [0.5, 0.6) is 0 Å². The molecule has 0 spiro atoms. The van der Waals surface area contributed by atoms with Gasteiger partial charge in [-0.1, -0.05) is 35.9 Å². The zero-order valence-corrected chi connectivity index (χ0v) is 11.8. The van der Waals surface area contributed by atoms with Gasteiger partial charge in [0.1, 0.15) is 5.82 Å². The number of nitrogens with one attached hydrogen (secondary N) is 1. The third-order valence-electron chi connectivity index (χ3n) is 3.08. The molecule has 0 aliphatic rings. The maximum absolute atomic E-state index is 11.9. The van der Waals surface area contributed by atoms with Gasteiger partial charge < -0.3 is 10.7 Å². The van der Waals surface area contributed by atoms with E-state index >= 15 is 0 Å². The van der Waals surface area contributed by atoms with Gasteiger partial charge in [0.05, 0.1) is 10.7 Å². The molecule has 104 valence electrons. The van der Waals surface area contributed by atoms with Crippen molar-refractivity contribution in [2.24, 2.45) is 0 Å². The Morgan fingerprint density at radius 1 is 1.05 bits per heavy atom. The molecular formula is C16H12ClN3O. The topological polar surface area (TPSA) is 71.8 Å². The Kier molecular flexibility index (Phi) is 3.46. The van der Waals surface area contributed by atoms with Crippen LogP contribution in [0.2, 0.25) is 5.02 Å². The number of rotatable bonds is 2. The summed E-state index contributed by atoms with van der Waals surface area (Å²) in [5.74, 6) is 0.444. The highest BCUT2D eigenvalue weighted by molar-refractivity contribution is 6.33. The molecule has 0 bridgehead atoms. The molecule has 1 heterocycles. The summed E-state index contributed by atoms with van der Waals surface area (Å²) in [5, 5.41) is 0.537. The van der Waals surface area contributed by atoms with Crippen molar-refractivity contribution < 1.29 is 0 Å². The fourth-order valence-corrected chi connectivity index (χ4v) is 2.27. The van der Waals surface area contributed by atoms with E-state index in [1.54, 1.807) is 18.2 Å². The summed E-state index contributed by atoms with van der Waals surface area (Å²) in [5.41, 5.74) is 8.19. The second-order valence-corrected chi connectivity index (χ2v) is 4.99. The maximum atomic E-state index is 11.9. The van der Waals surface area contributed by atoms with Crippen molar-refractivity contribution in [1.82, 2.24) is 9.97 Å². The third-order valence-corrected chi connectivity index (χ3v) is 3.41. The number of benzene rings is 2. The lowest BCUT2D eigenvalue weighted by atomic mass is 10.1. The molecule has 3 aromatic rings. The summed E-state index contributed by atoms with van der Waals surface area (Å²) >= 11 is 6.15. The average Bonchev–Trinajstić information content (AvgIpc) is 2.48. The van der Waals surface area contributed by atoms with Gasteiger partial charge in [0.25, 0.3) is 5.56 Å². The van der Waals surface area contributed by atoms with Gasteiger partial charge in [0.2, 0.25) is 0 Å². The zero-order valence-electron chi connectivity index (χ0n) is 11.0. The highest BCUT2D eigenvalue weighted by Gasteiger charge is 2.08. The molecule has 4 nitrogen and oxygen atoms in total. The Bertz CT molecular complexity index is 841. The van der Waals surface area contributed by atoms with Crippen LogP contribution in [-0.2, 0) is 0 Å². The predicted molar refractivity (Wildman–Crippen MR) is 85.2 cm³/mol. The van der Waals surface area contributed by atoms with Gasteiger partial charge in [-0.25, -0.2) is 4.98 Å². The first kappa shape index (κ1) is 13.4. The lowest BCUT2D eigenvalue weighted by molar-refractivity contribution is 1.13. The van der Waals surface area contributed by atoms with Crippen LogP contribution in [0.4, 0.5) is 5.69 Å². The van der Waals surface area contributed by atoms with Gasteiger partial charge in [-0.15, -0.1) is 0 Å². The number of aromatic nitrogens is 2. The summed E-state index contributed by atoms with van der Waals surface area (Å²) in [6.07, 6.45) is 0. The van der Waals surface area contributed by atoms with Crippen LogP contribution in [0.15, 0.2) is 59.4 Å². The second-order valence-electron chi connectivity index (χ2n) is 4.58. The Morgan fingerprint density at radius 3 is 2.48 bits per heavy atom. The van der Waals surface area contributed by atoms with E-state index in [-0.39, 0.29) is 5.56 Å². The molecular weight excluding hydrogens is 286 g/mol. The number of nitrogens with zero attached hydrogens (tertiary/aromatic N) is 1. The van der Waals surface area contributed by atoms with Crippen molar-refractivity contribution in [3.63, 3.8) is 0 Å². The van der Waals surface area contributed by atoms with Crippen LogP contribution in [-0.4, -0.2) is 9.97 Å². The van der Waals surface area contributed by atoms with Crippen LogP contribution in [0, 0.1) is 0 Å². The van der Waals surface area contributed by atoms with Crippen LogP contribution in [0.1, 0.15) is 0 Å². The molecule has 3 rings (SSSR count). The highest BCUT2D eigenvalue weighted by atomic mass is 35.5. The lowest BCUT2D eigenvalue weighted by Crippen LogP contribution is -2.08. The van der Waals surface area contributed by atoms with Gasteiger partial charge in [-0.2, -0.15) is 0 Å². The van der Waals surface area contributed by atoms with E-state index in [1.807, 2.05) is 30.3 Å². The first-order chi connectivity index (χ1) is 10.1. The van der Waals surface area contributed by atoms with E-state index in [0.29, 0.717) is 27.8 Å². The molecule has 0 amide bonds. The molecule has 1 aromatic heterocycles.